The van der Waals surface area contributed by atoms with Crippen molar-refractivity contribution in [1.82, 2.24) is 10.3 Å². The van der Waals surface area contributed by atoms with Crippen LogP contribution in [0.15, 0.2) is 28.7 Å². The van der Waals surface area contributed by atoms with Crippen LogP contribution in [0.4, 0.5) is 0 Å². The highest BCUT2D eigenvalue weighted by Crippen LogP contribution is 2.14. The first kappa shape index (κ1) is 10.7. The van der Waals surface area contributed by atoms with Crippen molar-refractivity contribution < 1.29 is 9.21 Å². The van der Waals surface area contributed by atoms with Crippen LogP contribution in [0.1, 0.15) is 19.2 Å². The molecule has 0 atom stereocenters. The van der Waals surface area contributed by atoms with E-state index in [1.165, 1.54) is 0 Å². The fourth-order valence-electron chi connectivity index (χ4n) is 1.46. The average Bonchev–Trinajstić information content (AvgIpc) is 2.71. The molecule has 4 nitrogen and oxygen atoms in total. The number of carbonyl (C=O) groups is 1. The van der Waals surface area contributed by atoms with Crippen LogP contribution in [0.5, 0.6) is 0 Å². The van der Waals surface area contributed by atoms with E-state index in [9.17, 15) is 4.79 Å². The summed E-state index contributed by atoms with van der Waals surface area (Å²) in [6.07, 6.45) is 1.13. The Balaban J connectivity index is 1.97. The number of oxazole rings is 1. The zero-order valence-electron chi connectivity index (χ0n) is 9.19. The highest BCUT2D eigenvalue weighted by molar-refractivity contribution is 5.75. The van der Waals surface area contributed by atoms with Crippen LogP contribution in [0.2, 0.25) is 0 Å². The first-order valence-electron chi connectivity index (χ1n) is 5.40. The number of nitrogens with zero attached hydrogens (tertiary/aromatic N) is 1. The first-order valence-corrected chi connectivity index (χ1v) is 5.40. The maximum Gasteiger partial charge on any atom is 0.219 e. The minimum absolute atomic E-state index is 0.0520. The van der Waals surface area contributed by atoms with Gasteiger partial charge in [0.1, 0.15) is 5.52 Å². The largest absolute Gasteiger partial charge is 0.441 e. The smallest absolute Gasteiger partial charge is 0.219 e. The summed E-state index contributed by atoms with van der Waals surface area (Å²) in [4.78, 5) is 15.3. The molecule has 0 saturated heterocycles. The lowest BCUT2D eigenvalue weighted by Gasteiger charge is -1.99. The number of para-hydroxylation sites is 2. The van der Waals surface area contributed by atoms with Gasteiger partial charge in [0.15, 0.2) is 11.5 Å². The summed E-state index contributed by atoms with van der Waals surface area (Å²) in [7, 11) is 0. The number of carbonyl (C=O) groups excluding carboxylic acids is 1. The fourth-order valence-corrected chi connectivity index (χ4v) is 1.46. The third-order valence-corrected chi connectivity index (χ3v) is 2.32. The molecular formula is C12H14N2O2. The standard InChI is InChI=1S/C12H14N2O2/c1-2-11(15)13-8-7-12-14-9-5-3-4-6-10(9)16-12/h3-6H,2,7-8H2,1H3,(H,13,15). The number of hydrogen-bond donors (Lipinski definition) is 1. The van der Waals surface area contributed by atoms with Crippen molar-refractivity contribution in [1.29, 1.82) is 0 Å². The zero-order valence-corrected chi connectivity index (χ0v) is 9.19. The van der Waals surface area contributed by atoms with Gasteiger partial charge in [-0.3, -0.25) is 4.79 Å². The van der Waals surface area contributed by atoms with Gasteiger partial charge in [0.2, 0.25) is 5.91 Å². The monoisotopic (exact) mass is 218 g/mol. The number of aromatic nitrogens is 1. The third kappa shape index (κ3) is 2.39. The molecule has 1 aromatic carbocycles. The summed E-state index contributed by atoms with van der Waals surface area (Å²) in [5, 5.41) is 2.79. The van der Waals surface area contributed by atoms with Gasteiger partial charge >= 0.3 is 0 Å². The Bertz CT molecular complexity index is 457. The molecule has 0 fully saturated rings. The summed E-state index contributed by atoms with van der Waals surface area (Å²) < 4.78 is 5.52. The normalized spacial score (nSPS) is 10.6. The number of hydrogen-bond acceptors (Lipinski definition) is 3. The van der Waals surface area contributed by atoms with E-state index in [0.29, 0.717) is 25.3 Å². The van der Waals surface area contributed by atoms with Crippen LogP contribution < -0.4 is 5.32 Å². The summed E-state index contributed by atoms with van der Waals surface area (Å²) in [5.41, 5.74) is 1.65. The Hall–Kier alpha value is -1.84. The lowest BCUT2D eigenvalue weighted by molar-refractivity contribution is -0.120. The van der Waals surface area contributed by atoms with Crippen LogP contribution in [0.3, 0.4) is 0 Å². The number of amides is 1. The van der Waals surface area contributed by atoms with E-state index >= 15 is 0 Å². The van der Waals surface area contributed by atoms with Gasteiger partial charge in [-0.1, -0.05) is 19.1 Å². The summed E-state index contributed by atoms with van der Waals surface area (Å²) in [6.45, 7) is 2.40. The van der Waals surface area contributed by atoms with Crippen LogP contribution in [-0.4, -0.2) is 17.4 Å². The van der Waals surface area contributed by atoms with Gasteiger partial charge in [-0.2, -0.15) is 0 Å². The van der Waals surface area contributed by atoms with Crippen LogP contribution in [0.25, 0.3) is 11.1 Å². The second-order valence-electron chi connectivity index (χ2n) is 3.53. The molecule has 2 aromatic rings. The molecule has 16 heavy (non-hydrogen) atoms. The molecule has 1 N–H and O–H groups in total. The molecule has 1 amide bonds. The zero-order chi connectivity index (χ0) is 11.4. The maximum atomic E-state index is 11.0. The van der Waals surface area contributed by atoms with Crippen LogP contribution in [0, 0.1) is 0 Å². The van der Waals surface area contributed by atoms with Crippen LogP contribution in [-0.2, 0) is 11.2 Å². The summed E-state index contributed by atoms with van der Waals surface area (Å²) >= 11 is 0. The molecule has 1 aromatic heterocycles. The molecule has 0 aliphatic rings. The molecule has 0 aliphatic carbocycles. The lowest BCUT2D eigenvalue weighted by Crippen LogP contribution is -2.24. The molecule has 0 saturated carbocycles. The number of benzene rings is 1. The van der Waals surface area contributed by atoms with E-state index in [0.717, 1.165) is 11.1 Å². The van der Waals surface area contributed by atoms with Crippen molar-refractivity contribution in [2.75, 3.05) is 6.54 Å². The van der Waals surface area contributed by atoms with Crippen molar-refractivity contribution in [2.24, 2.45) is 0 Å². The minimum atomic E-state index is 0.0520. The topological polar surface area (TPSA) is 55.1 Å². The molecule has 0 bridgehead atoms. The maximum absolute atomic E-state index is 11.0. The van der Waals surface area contributed by atoms with E-state index in [2.05, 4.69) is 10.3 Å². The highest BCUT2D eigenvalue weighted by Gasteiger charge is 2.04. The Morgan fingerprint density at radius 1 is 1.44 bits per heavy atom. The van der Waals surface area contributed by atoms with Gasteiger partial charge in [-0.05, 0) is 12.1 Å². The van der Waals surface area contributed by atoms with Gasteiger partial charge in [-0.15, -0.1) is 0 Å². The molecular weight excluding hydrogens is 204 g/mol. The number of rotatable bonds is 4. The second-order valence-corrected chi connectivity index (χ2v) is 3.53. The molecule has 0 unspecified atom stereocenters. The van der Waals surface area contributed by atoms with Crippen LogP contribution >= 0.6 is 0 Å². The van der Waals surface area contributed by atoms with E-state index in [1.807, 2.05) is 31.2 Å². The van der Waals surface area contributed by atoms with Crippen molar-refractivity contribution >= 4 is 17.0 Å². The van der Waals surface area contributed by atoms with E-state index < -0.39 is 0 Å². The Kier molecular flexibility index (Phi) is 3.19. The van der Waals surface area contributed by atoms with Crippen molar-refractivity contribution in [3.8, 4) is 0 Å². The molecule has 1 heterocycles. The van der Waals surface area contributed by atoms with Gasteiger partial charge < -0.3 is 9.73 Å². The predicted octanol–water partition coefficient (Wildman–Crippen LogP) is 1.90. The van der Waals surface area contributed by atoms with E-state index in [-0.39, 0.29) is 5.91 Å². The average molecular weight is 218 g/mol. The quantitative estimate of drug-likeness (QED) is 0.852. The van der Waals surface area contributed by atoms with E-state index in [1.54, 1.807) is 0 Å². The van der Waals surface area contributed by atoms with Crippen molar-refractivity contribution in [2.45, 2.75) is 19.8 Å². The molecule has 4 heteroatoms. The molecule has 84 valence electrons. The van der Waals surface area contributed by atoms with Gasteiger partial charge in [0.25, 0.3) is 0 Å². The Morgan fingerprint density at radius 3 is 3.00 bits per heavy atom. The van der Waals surface area contributed by atoms with Crippen molar-refractivity contribution in [3.05, 3.63) is 30.2 Å². The third-order valence-electron chi connectivity index (χ3n) is 2.32. The number of nitrogens with one attached hydrogen (secondary N) is 1. The lowest BCUT2D eigenvalue weighted by atomic mass is 10.3. The van der Waals surface area contributed by atoms with Gasteiger partial charge in [-0.25, -0.2) is 4.98 Å². The Morgan fingerprint density at radius 2 is 2.25 bits per heavy atom. The SMILES string of the molecule is CCC(=O)NCCc1nc2ccccc2o1. The highest BCUT2D eigenvalue weighted by atomic mass is 16.3. The van der Waals surface area contributed by atoms with Gasteiger partial charge in [0, 0.05) is 19.4 Å². The summed E-state index contributed by atoms with van der Waals surface area (Å²) in [5.74, 6) is 0.716. The fraction of sp³-hybridized carbons (Fsp3) is 0.333. The van der Waals surface area contributed by atoms with E-state index in [4.69, 9.17) is 4.42 Å². The first-order chi connectivity index (χ1) is 7.79. The molecule has 0 spiro atoms. The summed E-state index contributed by atoms with van der Waals surface area (Å²) in [6, 6.07) is 7.63. The van der Waals surface area contributed by atoms with Crippen molar-refractivity contribution in [3.63, 3.8) is 0 Å². The predicted molar refractivity (Wildman–Crippen MR) is 61.0 cm³/mol. The number of fused-ring (bicyclic) bond motifs is 1. The molecule has 0 radical (unpaired) electrons. The molecule has 0 aliphatic heterocycles. The second kappa shape index (κ2) is 4.79. The van der Waals surface area contributed by atoms with Gasteiger partial charge in [0.05, 0.1) is 0 Å². The minimum Gasteiger partial charge on any atom is -0.441 e. The Labute approximate surface area is 93.7 Å². The molecule has 2 rings (SSSR count).